The Morgan fingerprint density at radius 2 is 1.94 bits per heavy atom. The predicted molar refractivity (Wildman–Crippen MR) is 68.7 cm³/mol. The molecule has 0 saturated heterocycles. The highest BCUT2D eigenvalue weighted by atomic mass is 14.9. The summed E-state index contributed by atoms with van der Waals surface area (Å²) >= 11 is 0. The Morgan fingerprint density at radius 3 is 2.59 bits per heavy atom. The van der Waals surface area contributed by atoms with Crippen LogP contribution in [0.25, 0.3) is 0 Å². The molecule has 0 fully saturated rings. The topological polar surface area (TPSA) is 37.8 Å². The third-order valence-electron chi connectivity index (χ3n) is 2.82. The SMILES string of the molecule is CNC(Cc1cc(C)ncn1)c1ccccc1. The Kier molecular flexibility index (Phi) is 3.83. The molecule has 0 amide bonds. The Labute approximate surface area is 102 Å². The van der Waals surface area contributed by atoms with E-state index in [0.717, 1.165) is 17.8 Å². The lowest BCUT2D eigenvalue weighted by Crippen LogP contribution is -2.19. The number of rotatable bonds is 4. The Morgan fingerprint density at radius 1 is 1.18 bits per heavy atom. The molecule has 2 aromatic rings. The van der Waals surface area contributed by atoms with Crippen LogP contribution in [0.4, 0.5) is 0 Å². The molecule has 1 N–H and O–H groups in total. The lowest BCUT2D eigenvalue weighted by atomic mass is 10.0. The van der Waals surface area contributed by atoms with Crippen molar-refractivity contribution in [2.24, 2.45) is 0 Å². The van der Waals surface area contributed by atoms with E-state index in [9.17, 15) is 0 Å². The highest BCUT2D eigenvalue weighted by Crippen LogP contribution is 2.16. The first-order valence-electron chi connectivity index (χ1n) is 5.79. The van der Waals surface area contributed by atoms with E-state index in [1.807, 2.05) is 26.1 Å². The first-order chi connectivity index (χ1) is 8.29. The van der Waals surface area contributed by atoms with Crippen LogP contribution in [0.5, 0.6) is 0 Å². The molecule has 3 nitrogen and oxygen atoms in total. The molecule has 0 saturated carbocycles. The van der Waals surface area contributed by atoms with Crippen LogP contribution in [-0.4, -0.2) is 17.0 Å². The minimum Gasteiger partial charge on any atom is -0.313 e. The fourth-order valence-corrected chi connectivity index (χ4v) is 1.90. The minimum atomic E-state index is 0.297. The van der Waals surface area contributed by atoms with Crippen molar-refractivity contribution in [1.82, 2.24) is 15.3 Å². The fourth-order valence-electron chi connectivity index (χ4n) is 1.90. The summed E-state index contributed by atoms with van der Waals surface area (Å²) < 4.78 is 0. The number of hydrogen-bond acceptors (Lipinski definition) is 3. The first kappa shape index (κ1) is 11.7. The third kappa shape index (κ3) is 3.11. The maximum absolute atomic E-state index is 4.30. The van der Waals surface area contributed by atoms with Crippen LogP contribution in [0.1, 0.15) is 23.0 Å². The van der Waals surface area contributed by atoms with Gasteiger partial charge in [0, 0.05) is 23.9 Å². The molecular weight excluding hydrogens is 210 g/mol. The third-order valence-corrected chi connectivity index (χ3v) is 2.82. The summed E-state index contributed by atoms with van der Waals surface area (Å²) in [4.78, 5) is 8.42. The second-order valence-corrected chi connectivity index (χ2v) is 4.11. The number of aryl methyl sites for hydroxylation is 1. The fraction of sp³-hybridized carbons (Fsp3) is 0.286. The summed E-state index contributed by atoms with van der Waals surface area (Å²) in [5.41, 5.74) is 3.37. The van der Waals surface area contributed by atoms with E-state index < -0.39 is 0 Å². The van der Waals surface area contributed by atoms with Gasteiger partial charge in [0.1, 0.15) is 6.33 Å². The van der Waals surface area contributed by atoms with Gasteiger partial charge in [-0.05, 0) is 25.6 Å². The number of likely N-dealkylation sites (N-methyl/N-ethyl adjacent to an activating group) is 1. The van der Waals surface area contributed by atoms with Crippen LogP contribution < -0.4 is 5.32 Å². The zero-order valence-corrected chi connectivity index (χ0v) is 10.2. The molecule has 1 heterocycles. The summed E-state index contributed by atoms with van der Waals surface area (Å²) in [6.07, 6.45) is 2.51. The summed E-state index contributed by atoms with van der Waals surface area (Å²) in [5.74, 6) is 0. The average molecular weight is 227 g/mol. The second-order valence-electron chi connectivity index (χ2n) is 4.11. The molecule has 0 aliphatic heterocycles. The van der Waals surface area contributed by atoms with Gasteiger partial charge in [-0.1, -0.05) is 30.3 Å². The van der Waals surface area contributed by atoms with Gasteiger partial charge >= 0.3 is 0 Å². The molecule has 2 rings (SSSR count). The van der Waals surface area contributed by atoms with Gasteiger partial charge in [-0.15, -0.1) is 0 Å². The number of benzene rings is 1. The van der Waals surface area contributed by atoms with Crippen molar-refractivity contribution in [2.75, 3.05) is 7.05 Å². The molecule has 0 bridgehead atoms. The molecule has 1 atom stereocenters. The Bertz CT molecular complexity index is 468. The molecule has 88 valence electrons. The van der Waals surface area contributed by atoms with E-state index >= 15 is 0 Å². The first-order valence-corrected chi connectivity index (χ1v) is 5.79. The van der Waals surface area contributed by atoms with E-state index in [0.29, 0.717) is 6.04 Å². The van der Waals surface area contributed by atoms with Crippen molar-refractivity contribution in [2.45, 2.75) is 19.4 Å². The highest BCUT2D eigenvalue weighted by Gasteiger charge is 2.10. The van der Waals surface area contributed by atoms with Crippen molar-refractivity contribution in [1.29, 1.82) is 0 Å². The minimum absolute atomic E-state index is 0.297. The Balaban J connectivity index is 2.16. The van der Waals surface area contributed by atoms with Crippen LogP contribution in [-0.2, 0) is 6.42 Å². The molecule has 1 aromatic carbocycles. The molecule has 0 aliphatic rings. The molecule has 3 heteroatoms. The monoisotopic (exact) mass is 227 g/mol. The van der Waals surface area contributed by atoms with Gasteiger partial charge in [-0.25, -0.2) is 9.97 Å². The van der Waals surface area contributed by atoms with Gasteiger partial charge in [0.25, 0.3) is 0 Å². The smallest absolute Gasteiger partial charge is 0.115 e. The Hall–Kier alpha value is -1.74. The zero-order chi connectivity index (χ0) is 12.1. The van der Waals surface area contributed by atoms with E-state index in [2.05, 4.69) is 39.6 Å². The van der Waals surface area contributed by atoms with Crippen LogP contribution in [0.15, 0.2) is 42.7 Å². The predicted octanol–water partition coefficient (Wildman–Crippen LogP) is 2.29. The van der Waals surface area contributed by atoms with Gasteiger partial charge in [-0.2, -0.15) is 0 Å². The standard InChI is InChI=1S/C14H17N3/c1-11-8-13(17-10-16-11)9-14(15-2)12-6-4-3-5-7-12/h3-8,10,14-15H,9H2,1-2H3. The summed E-state index contributed by atoms with van der Waals surface area (Å²) in [6.45, 7) is 1.99. The summed E-state index contributed by atoms with van der Waals surface area (Å²) in [5, 5.41) is 3.33. The van der Waals surface area contributed by atoms with Gasteiger partial charge < -0.3 is 5.32 Å². The normalized spacial score (nSPS) is 12.4. The molecule has 0 aliphatic carbocycles. The average Bonchev–Trinajstić information content (AvgIpc) is 2.37. The van der Waals surface area contributed by atoms with E-state index in [1.54, 1.807) is 6.33 Å². The lowest BCUT2D eigenvalue weighted by molar-refractivity contribution is 0.583. The number of nitrogens with one attached hydrogen (secondary N) is 1. The maximum Gasteiger partial charge on any atom is 0.115 e. The number of nitrogens with zero attached hydrogens (tertiary/aromatic N) is 2. The van der Waals surface area contributed by atoms with E-state index in [1.165, 1.54) is 5.56 Å². The van der Waals surface area contributed by atoms with Crippen LogP contribution in [0, 0.1) is 6.92 Å². The van der Waals surface area contributed by atoms with Crippen LogP contribution >= 0.6 is 0 Å². The zero-order valence-electron chi connectivity index (χ0n) is 10.2. The molecule has 0 radical (unpaired) electrons. The van der Waals surface area contributed by atoms with Crippen molar-refractivity contribution >= 4 is 0 Å². The quantitative estimate of drug-likeness (QED) is 0.870. The lowest BCUT2D eigenvalue weighted by Gasteiger charge is -2.16. The number of aromatic nitrogens is 2. The highest BCUT2D eigenvalue weighted by molar-refractivity contribution is 5.21. The van der Waals surface area contributed by atoms with Crippen LogP contribution in [0.2, 0.25) is 0 Å². The molecular formula is C14H17N3. The maximum atomic E-state index is 4.30. The van der Waals surface area contributed by atoms with Crippen molar-refractivity contribution in [3.05, 3.63) is 59.7 Å². The van der Waals surface area contributed by atoms with E-state index in [-0.39, 0.29) is 0 Å². The van der Waals surface area contributed by atoms with Gasteiger partial charge in [-0.3, -0.25) is 0 Å². The van der Waals surface area contributed by atoms with Crippen LogP contribution in [0.3, 0.4) is 0 Å². The van der Waals surface area contributed by atoms with Crippen molar-refractivity contribution in [3.63, 3.8) is 0 Å². The molecule has 1 unspecified atom stereocenters. The van der Waals surface area contributed by atoms with Crippen molar-refractivity contribution in [3.8, 4) is 0 Å². The second kappa shape index (κ2) is 5.55. The molecule has 17 heavy (non-hydrogen) atoms. The van der Waals surface area contributed by atoms with E-state index in [4.69, 9.17) is 0 Å². The van der Waals surface area contributed by atoms with Gasteiger partial charge in [0.2, 0.25) is 0 Å². The molecule has 1 aromatic heterocycles. The summed E-state index contributed by atoms with van der Waals surface area (Å²) in [7, 11) is 1.98. The molecule has 0 spiro atoms. The summed E-state index contributed by atoms with van der Waals surface area (Å²) in [6, 6.07) is 12.8. The number of hydrogen-bond donors (Lipinski definition) is 1. The van der Waals surface area contributed by atoms with Gasteiger partial charge in [0.15, 0.2) is 0 Å². The largest absolute Gasteiger partial charge is 0.313 e. The van der Waals surface area contributed by atoms with Crippen molar-refractivity contribution < 1.29 is 0 Å². The van der Waals surface area contributed by atoms with Gasteiger partial charge in [0.05, 0.1) is 0 Å².